The summed E-state index contributed by atoms with van der Waals surface area (Å²) in [6.45, 7) is 1.92. The molecular formula is C14H16N4O4. The van der Waals surface area contributed by atoms with E-state index in [1.165, 1.54) is 0 Å². The minimum absolute atomic E-state index is 0.110. The van der Waals surface area contributed by atoms with Gasteiger partial charge in [-0.2, -0.15) is 0 Å². The third-order valence-electron chi connectivity index (χ3n) is 3.10. The lowest BCUT2D eigenvalue weighted by atomic mass is 10.1. The van der Waals surface area contributed by atoms with Gasteiger partial charge in [0, 0.05) is 0 Å². The van der Waals surface area contributed by atoms with Crippen LogP contribution in [0, 0.1) is 10.1 Å². The second-order valence-corrected chi connectivity index (χ2v) is 4.50. The second-order valence-electron chi connectivity index (χ2n) is 4.50. The van der Waals surface area contributed by atoms with Gasteiger partial charge in [-0.3, -0.25) is 10.1 Å². The van der Waals surface area contributed by atoms with Gasteiger partial charge in [0.15, 0.2) is 11.5 Å². The molecule has 0 aliphatic carbocycles. The predicted molar refractivity (Wildman–Crippen MR) is 80.3 cm³/mol. The number of hydrogen-bond acceptors (Lipinski definition) is 7. The van der Waals surface area contributed by atoms with Gasteiger partial charge in [-0.1, -0.05) is 6.07 Å². The molecule has 0 aliphatic rings. The van der Waals surface area contributed by atoms with Crippen molar-refractivity contribution in [3.05, 3.63) is 46.3 Å². The molecule has 2 aromatic rings. The largest absolute Gasteiger partial charge is 0.493 e. The van der Waals surface area contributed by atoms with Gasteiger partial charge in [-0.05, 0) is 24.6 Å². The van der Waals surface area contributed by atoms with Gasteiger partial charge in [0.2, 0.25) is 5.95 Å². The van der Waals surface area contributed by atoms with E-state index in [2.05, 4.69) is 15.3 Å². The molecule has 0 amide bonds. The molecule has 0 spiro atoms. The monoisotopic (exact) mass is 304 g/mol. The fraction of sp³-hybridized carbons (Fsp3) is 0.286. The van der Waals surface area contributed by atoms with E-state index in [0.29, 0.717) is 17.4 Å². The summed E-state index contributed by atoms with van der Waals surface area (Å²) >= 11 is 0. The van der Waals surface area contributed by atoms with Crippen LogP contribution in [0.25, 0.3) is 0 Å². The first kappa shape index (κ1) is 15.5. The van der Waals surface area contributed by atoms with Crippen LogP contribution in [0.15, 0.2) is 30.6 Å². The molecule has 1 N–H and O–H groups in total. The Morgan fingerprint density at radius 1 is 1.18 bits per heavy atom. The Labute approximate surface area is 127 Å². The van der Waals surface area contributed by atoms with E-state index >= 15 is 0 Å². The lowest BCUT2D eigenvalue weighted by Gasteiger charge is -2.16. The number of hydrogen-bond donors (Lipinski definition) is 1. The van der Waals surface area contributed by atoms with E-state index in [0.717, 1.165) is 18.0 Å². The van der Waals surface area contributed by atoms with Gasteiger partial charge in [-0.25, -0.2) is 9.97 Å². The highest BCUT2D eigenvalue weighted by Crippen LogP contribution is 2.30. The highest BCUT2D eigenvalue weighted by molar-refractivity contribution is 5.45. The fourth-order valence-corrected chi connectivity index (χ4v) is 1.89. The lowest BCUT2D eigenvalue weighted by molar-refractivity contribution is -0.385. The van der Waals surface area contributed by atoms with Crippen molar-refractivity contribution >= 4 is 11.6 Å². The average Bonchev–Trinajstić information content (AvgIpc) is 2.54. The van der Waals surface area contributed by atoms with Crippen LogP contribution >= 0.6 is 0 Å². The molecule has 1 aromatic heterocycles. The van der Waals surface area contributed by atoms with Crippen LogP contribution in [0.5, 0.6) is 11.5 Å². The van der Waals surface area contributed by atoms with Gasteiger partial charge in [0.05, 0.1) is 25.2 Å². The van der Waals surface area contributed by atoms with E-state index in [1.807, 2.05) is 25.1 Å². The SMILES string of the molecule is COc1ccc(C(C)Nc2ncc([N+](=O)[O-])cn2)cc1OC. The van der Waals surface area contributed by atoms with Crippen LogP contribution in [0.4, 0.5) is 11.6 Å². The Morgan fingerprint density at radius 2 is 1.82 bits per heavy atom. The van der Waals surface area contributed by atoms with Crippen molar-refractivity contribution in [2.75, 3.05) is 19.5 Å². The molecule has 0 radical (unpaired) electrons. The summed E-state index contributed by atoms with van der Waals surface area (Å²) in [5.74, 6) is 1.58. The highest BCUT2D eigenvalue weighted by Gasteiger charge is 2.12. The maximum absolute atomic E-state index is 10.6. The summed E-state index contributed by atoms with van der Waals surface area (Å²) in [6, 6.07) is 5.44. The minimum Gasteiger partial charge on any atom is -0.493 e. The first-order valence-electron chi connectivity index (χ1n) is 6.50. The first-order valence-corrected chi connectivity index (χ1v) is 6.50. The van der Waals surface area contributed by atoms with Crippen molar-refractivity contribution < 1.29 is 14.4 Å². The van der Waals surface area contributed by atoms with E-state index in [1.54, 1.807) is 14.2 Å². The maximum atomic E-state index is 10.6. The zero-order valence-corrected chi connectivity index (χ0v) is 12.4. The lowest BCUT2D eigenvalue weighted by Crippen LogP contribution is -2.09. The summed E-state index contributed by atoms with van der Waals surface area (Å²) in [5.41, 5.74) is 0.795. The van der Waals surface area contributed by atoms with Crippen LogP contribution in [0.1, 0.15) is 18.5 Å². The van der Waals surface area contributed by atoms with Gasteiger partial charge in [0.25, 0.3) is 0 Å². The average molecular weight is 304 g/mol. The molecule has 1 aromatic carbocycles. The van der Waals surface area contributed by atoms with E-state index in [9.17, 15) is 10.1 Å². The molecule has 0 aliphatic heterocycles. The predicted octanol–water partition coefficient (Wildman–Crippen LogP) is 2.58. The fourth-order valence-electron chi connectivity index (χ4n) is 1.89. The van der Waals surface area contributed by atoms with Crippen LogP contribution < -0.4 is 14.8 Å². The molecule has 1 atom stereocenters. The van der Waals surface area contributed by atoms with Crippen LogP contribution in [0.3, 0.4) is 0 Å². The third kappa shape index (κ3) is 3.40. The zero-order chi connectivity index (χ0) is 16.1. The normalized spacial score (nSPS) is 11.6. The van der Waals surface area contributed by atoms with Crippen LogP contribution in [-0.4, -0.2) is 29.1 Å². The van der Waals surface area contributed by atoms with Gasteiger partial charge in [0.1, 0.15) is 12.4 Å². The number of nitrogens with one attached hydrogen (secondary N) is 1. The molecule has 2 rings (SSSR count). The Balaban J connectivity index is 2.14. The maximum Gasteiger partial charge on any atom is 0.305 e. The first-order chi connectivity index (χ1) is 10.5. The number of rotatable bonds is 6. The Bertz CT molecular complexity index is 660. The molecule has 8 heteroatoms. The van der Waals surface area contributed by atoms with Crippen molar-refractivity contribution in [3.8, 4) is 11.5 Å². The molecule has 116 valence electrons. The van der Waals surface area contributed by atoms with E-state index in [4.69, 9.17) is 9.47 Å². The Kier molecular flexibility index (Phi) is 4.72. The van der Waals surface area contributed by atoms with E-state index < -0.39 is 4.92 Å². The van der Waals surface area contributed by atoms with Crippen molar-refractivity contribution in [1.82, 2.24) is 9.97 Å². The molecule has 0 fully saturated rings. The minimum atomic E-state index is -0.540. The molecule has 8 nitrogen and oxygen atoms in total. The summed E-state index contributed by atoms with van der Waals surface area (Å²) in [4.78, 5) is 17.9. The second kappa shape index (κ2) is 6.70. The summed E-state index contributed by atoms with van der Waals surface area (Å²) < 4.78 is 10.5. The molecule has 0 saturated heterocycles. The number of aromatic nitrogens is 2. The summed E-state index contributed by atoms with van der Waals surface area (Å²) in [6.07, 6.45) is 2.33. The highest BCUT2D eigenvalue weighted by atomic mass is 16.6. The smallest absolute Gasteiger partial charge is 0.305 e. The summed E-state index contributed by atoms with van der Waals surface area (Å²) in [5, 5.41) is 13.6. The van der Waals surface area contributed by atoms with Crippen molar-refractivity contribution in [1.29, 1.82) is 0 Å². The van der Waals surface area contributed by atoms with Crippen LogP contribution in [-0.2, 0) is 0 Å². The quantitative estimate of drug-likeness (QED) is 0.646. The number of ether oxygens (including phenoxy) is 2. The topological polar surface area (TPSA) is 99.4 Å². The zero-order valence-electron chi connectivity index (χ0n) is 12.4. The van der Waals surface area contributed by atoms with Crippen molar-refractivity contribution in [3.63, 3.8) is 0 Å². The Hall–Kier alpha value is -2.90. The number of anilines is 1. The molecule has 1 heterocycles. The standard InChI is InChI=1S/C14H16N4O4/c1-9(10-4-5-12(21-2)13(6-10)22-3)17-14-15-7-11(8-16-14)18(19)20/h4-9H,1-3H3,(H,15,16,17). The van der Waals surface area contributed by atoms with Crippen molar-refractivity contribution in [2.24, 2.45) is 0 Å². The number of nitro groups is 1. The van der Waals surface area contributed by atoms with Gasteiger partial charge in [-0.15, -0.1) is 0 Å². The number of benzene rings is 1. The Morgan fingerprint density at radius 3 is 2.36 bits per heavy atom. The van der Waals surface area contributed by atoms with Gasteiger partial charge < -0.3 is 14.8 Å². The molecule has 0 saturated carbocycles. The summed E-state index contributed by atoms with van der Waals surface area (Å²) in [7, 11) is 3.14. The number of nitrogens with zero attached hydrogens (tertiary/aromatic N) is 3. The molecule has 1 unspecified atom stereocenters. The third-order valence-corrected chi connectivity index (χ3v) is 3.10. The molecule has 22 heavy (non-hydrogen) atoms. The van der Waals surface area contributed by atoms with Crippen molar-refractivity contribution in [2.45, 2.75) is 13.0 Å². The molecule has 0 bridgehead atoms. The van der Waals surface area contributed by atoms with E-state index in [-0.39, 0.29) is 11.7 Å². The van der Waals surface area contributed by atoms with Crippen LogP contribution in [0.2, 0.25) is 0 Å². The van der Waals surface area contributed by atoms with Gasteiger partial charge >= 0.3 is 5.69 Å². The molecular weight excluding hydrogens is 288 g/mol. The number of methoxy groups -OCH3 is 2.